The van der Waals surface area contributed by atoms with E-state index in [1.54, 1.807) is 10.9 Å². The minimum Gasteiger partial charge on any atom is -0.490 e. The van der Waals surface area contributed by atoms with Crippen molar-refractivity contribution in [1.82, 2.24) is 9.78 Å². The predicted molar refractivity (Wildman–Crippen MR) is 54.9 cm³/mol. The Morgan fingerprint density at radius 2 is 2.40 bits per heavy atom. The third-order valence-corrected chi connectivity index (χ3v) is 1.99. The van der Waals surface area contributed by atoms with Crippen LogP contribution in [0.3, 0.4) is 0 Å². The van der Waals surface area contributed by atoms with Gasteiger partial charge in [-0.05, 0) is 19.8 Å². The van der Waals surface area contributed by atoms with Gasteiger partial charge in [0.25, 0.3) is 0 Å². The lowest BCUT2D eigenvalue weighted by atomic mass is 10.2. The van der Waals surface area contributed by atoms with Crippen molar-refractivity contribution in [3.05, 3.63) is 12.4 Å². The summed E-state index contributed by atoms with van der Waals surface area (Å²) in [5.41, 5.74) is 0. The van der Waals surface area contributed by atoms with Gasteiger partial charge in [-0.25, -0.2) is 0 Å². The summed E-state index contributed by atoms with van der Waals surface area (Å²) in [4.78, 5) is 10.2. The molecule has 0 atom stereocenters. The number of carboxylic acids is 1. The summed E-state index contributed by atoms with van der Waals surface area (Å²) in [6.07, 6.45) is 5.11. The topological polar surface area (TPSA) is 64.3 Å². The molecule has 1 heterocycles. The van der Waals surface area contributed by atoms with E-state index in [-0.39, 0.29) is 6.42 Å². The van der Waals surface area contributed by atoms with Crippen molar-refractivity contribution in [2.75, 3.05) is 6.61 Å². The van der Waals surface area contributed by atoms with E-state index in [9.17, 15) is 4.79 Å². The lowest BCUT2D eigenvalue weighted by Gasteiger charge is -2.01. The molecule has 0 fully saturated rings. The molecule has 0 aliphatic rings. The summed E-state index contributed by atoms with van der Waals surface area (Å²) < 4.78 is 7.18. The lowest BCUT2D eigenvalue weighted by molar-refractivity contribution is -0.137. The van der Waals surface area contributed by atoms with Gasteiger partial charge in [-0.1, -0.05) is 0 Å². The van der Waals surface area contributed by atoms with Gasteiger partial charge < -0.3 is 9.84 Å². The van der Waals surface area contributed by atoms with Crippen LogP contribution in [0.15, 0.2) is 12.4 Å². The molecule has 0 bridgehead atoms. The second-order valence-electron chi connectivity index (χ2n) is 3.23. The zero-order chi connectivity index (χ0) is 11.1. The molecule has 0 amide bonds. The highest BCUT2D eigenvalue weighted by Gasteiger charge is 1.99. The molecular weight excluding hydrogens is 196 g/mol. The number of aromatic nitrogens is 2. The lowest BCUT2D eigenvalue weighted by Crippen LogP contribution is -1.99. The minimum absolute atomic E-state index is 0.206. The van der Waals surface area contributed by atoms with Crippen LogP contribution < -0.4 is 4.74 Å². The molecular formula is C10H16N2O3. The molecule has 0 saturated heterocycles. The molecule has 1 N–H and O–H groups in total. The monoisotopic (exact) mass is 212 g/mol. The third kappa shape index (κ3) is 4.49. The number of nitrogens with zero attached hydrogens (tertiary/aromatic N) is 2. The number of ether oxygens (including phenoxy) is 1. The fraction of sp³-hybridized carbons (Fsp3) is 0.600. The van der Waals surface area contributed by atoms with Gasteiger partial charge in [-0.2, -0.15) is 5.10 Å². The van der Waals surface area contributed by atoms with Gasteiger partial charge in [0.2, 0.25) is 0 Å². The highest BCUT2D eigenvalue weighted by Crippen LogP contribution is 2.08. The number of hydrogen-bond acceptors (Lipinski definition) is 3. The van der Waals surface area contributed by atoms with Crippen LogP contribution in [0, 0.1) is 0 Å². The zero-order valence-electron chi connectivity index (χ0n) is 8.85. The molecule has 84 valence electrons. The molecule has 15 heavy (non-hydrogen) atoms. The van der Waals surface area contributed by atoms with E-state index in [1.807, 2.05) is 13.1 Å². The van der Waals surface area contributed by atoms with Crippen LogP contribution in [-0.4, -0.2) is 27.5 Å². The van der Waals surface area contributed by atoms with Gasteiger partial charge in [0, 0.05) is 13.0 Å². The van der Waals surface area contributed by atoms with Crippen LogP contribution in [-0.2, 0) is 11.3 Å². The van der Waals surface area contributed by atoms with Crippen LogP contribution in [0.5, 0.6) is 5.75 Å². The van der Waals surface area contributed by atoms with Crippen molar-refractivity contribution >= 4 is 5.97 Å². The summed E-state index contributed by atoms with van der Waals surface area (Å²) >= 11 is 0. The Balaban J connectivity index is 2.12. The Bertz CT molecular complexity index is 309. The summed E-state index contributed by atoms with van der Waals surface area (Å²) in [5, 5.41) is 12.5. The Morgan fingerprint density at radius 1 is 1.60 bits per heavy atom. The minimum atomic E-state index is -0.756. The van der Waals surface area contributed by atoms with Crippen LogP contribution in [0.25, 0.3) is 0 Å². The number of carboxylic acid groups (broad SMARTS) is 1. The summed E-state index contributed by atoms with van der Waals surface area (Å²) in [6.45, 7) is 3.37. The van der Waals surface area contributed by atoms with Crippen LogP contribution >= 0.6 is 0 Å². The first-order valence-corrected chi connectivity index (χ1v) is 5.09. The number of hydrogen-bond donors (Lipinski definition) is 1. The number of unbranched alkanes of at least 4 members (excludes halogenated alkanes) is 1. The van der Waals surface area contributed by atoms with E-state index in [0.29, 0.717) is 13.0 Å². The maximum Gasteiger partial charge on any atom is 0.303 e. The molecule has 0 spiro atoms. The van der Waals surface area contributed by atoms with E-state index < -0.39 is 5.97 Å². The fourth-order valence-electron chi connectivity index (χ4n) is 1.16. The molecule has 1 rings (SSSR count). The maximum atomic E-state index is 10.2. The quantitative estimate of drug-likeness (QED) is 0.696. The second kappa shape index (κ2) is 6.06. The predicted octanol–water partition coefficient (Wildman–Crippen LogP) is 1.54. The van der Waals surface area contributed by atoms with Gasteiger partial charge in [0.05, 0.1) is 19.0 Å². The number of rotatable bonds is 7. The Kier molecular flexibility index (Phi) is 4.66. The number of carbonyl (C=O) groups is 1. The van der Waals surface area contributed by atoms with Crippen LogP contribution in [0.1, 0.15) is 26.2 Å². The number of aryl methyl sites for hydroxylation is 1. The van der Waals surface area contributed by atoms with Gasteiger partial charge in [0.15, 0.2) is 5.75 Å². The first kappa shape index (κ1) is 11.6. The molecule has 0 aliphatic carbocycles. The molecule has 0 saturated carbocycles. The maximum absolute atomic E-state index is 10.2. The average molecular weight is 212 g/mol. The molecule has 5 heteroatoms. The Labute approximate surface area is 88.7 Å². The average Bonchev–Trinajstić information content (AvgIpc) is 2.65. The molecule has 0 unspecified atom stereocenters. The van der Waals surface area contributed by atoms with Crippen molar-refractivity contribution in [1.29, 1.82) is 0 Å². The molecule has 1 aromatic rings. The summed E-state index contributed by atoms with van der Waals surface area (Å²) in [5.74, 6) is -0.0130. The van der Waals surface area contributed by atoms with Gasteiger partial charge in [0.1, 0.15) is 0 Å². The first-order chi connectivity index (χ1) is 7.22. The normalized spacial score (nSPS) is 10.2. The second-order valence-corrected chi connectivity index (χ2v) is 3.23. The van der Waals surface area contributed by atoms with Crippen molar-refractivity contribution in [2.45, 2.75) is 32.7 Å². The van der Waals surface area contributed by atoms with Crippen LogP contribution in [0.4, 0.5) is 0 Å². The number of aliphatic carboxylic acids is 1. The molecule has 0 radical (unpaired) electrons. The first-order valence-electron chi connectivity index (χ1n) is 5.09. The molecule has 5 nitrogen and oxygen atoms in total. The van der Waals surface area contributed by atoms with Crippen molar-refractivity contribution in [3.63, 3.8) is 0 Å². The van der Waals surface area contributed by atoms with Crippen molar-refractivity contribution in [3.8, 4) is 5.75 Å². The standard InChI is InChI=1S/C10H16N2O3/c1-2-12-8-9(7-11-12)15-6-4-3-5-10(13)14/h7-8H,2-6H2,1H3,(H,13,14). The van der Waals surface area contributed by atoms with E-state index in [0.717, 1.165) is 18.7 Å². The van der Waals surface area contributed by atoms with E-state index in [4.69, 9.17) is 9.84 Å². The smallest absolute Gasteiger partial charge is 0.303 e. The largest absolute Gasteiger partial charge is 0.490 e. The van der Waals surface area contributed by atoms with Crippen molar-refractivity contribution in [2.24, 2.45) is 0 Å². The molecule has 0 aliphatic heterocycles. The van der Waals surface area contributed by atoms with E-state index in [1.165, 1.54) is 0 Å². The highest BCUT2D eigenvalue weighted by atomic mass is 16.5. The van der Waals surface area contributed by atoms with E-state index in [2.05, 4.69) is 5.10 Å². The van der Waals surface area contributed by atoms with Gasteiger partial charge >= 0.3 is 5.97 Å². The SMILES string of the molecule is CCn1cc(OCCCCC(=O)O)cn1. The molecule has 1 aromatic heterocycles. The fourth-order valence-corrected chi connectivity index (χ4v) is 1.16. The van der Waals surface area contributed by atoms with Gasteiger partial charge in [-0.15, -0.1) is 0 Å². The highest BCUT2D eigenvalue weighted by molar-refractivity contribution is 5.66. The van der Waals surface area contributed by atoms with E-state index >= 15 is 0 Å². The summed E-state index contributed by atoms with van der Waals surface area (Å²) in [6, 6.07) is 0. The Morgan fingerprint density at radius 3 is 3.00 bits per heavy atom. The van der Waals surface area contributed by atoms with Crippen molar-refractivity contribution < 1.29 is 14.6 Å². The Hall–Kier alpha value is -1.52. The zero-order valence-corrected chi connectivity index (χ0v) is 8.85. The summed E-state index contributed by atoms with van der Waals surface area (Å²) in [7, 11) is 0. The van der Waals surface area contributed by atoms with Gasteiger partial charge in [-0.3, -0.25) is 9.48 Å². The molecule has 0 aromatic carbocycles. The van der Waals surface area contributed by atoms with Crippen LogP contribution in [0.2, 0.25) is 0 Å². The third-order valence-electron chi connectivity index (χ3n) is 1.99.